The van der Waals surface area contributed by atoms with E-state index in [0.29, 0.717) is 17.8 Å². The van der Waals surface area contributed by atoms with Crippen LogP contribution in [-0.2, 0) is 9.59 Å². The largest absolute Gasteiger partial charge is 0.508 e. The molecule has 3 rings (SSSR count). The van der Waals surface area contributed by atoms with E-state index < -0.39 is 5.92 Å². The highest BCUT2D eigenvalue weighted by Gasteiger charge is 2.46. The first-order chi connectivity index (χ1) is 11.6. The lowest BCUT2D eigenvalue weighted by molar-refractivity contribution is -0.127. The number of aromatic hydroxyl groups is 1. The third-order valence-electron chi connectivity index (χ3n) is 4.16. The van der Waals surface area contributed by atoms with Crippen LogP contribution in [0.15, 0.2) is 54.6 Å². The van der Waals surface area contributed by atoms with Crippen molar-refractivity contribution in [2.24, 2.45) is 5.92 Å². The van der Waals surface area contributed by atoms with Crippen LogP contribution in [0.1, 0.15) is 27.6 Å². The Morgan fingerprint density at radius 1 is 0.917 bits per heavy atom. The van der Waals surface area contributed by atoms with Crippen LogP contribution in [0.3, 0.4) is 0 Å². The fourth-order valence-electron chi connectivity index (χ4n) is 2.90. The molecule has 2 aromatic rings. The zero-order valence-corrected chi connectivity index (χ0v) is 13.6. The lowest BCUT2D eigenvalue weighted by Gasteiger charge is -2.27. The second-order valence-corrected chi connectivity index (χ2v) is 5.85. The van der Waals surface area contributed by atoms with Gasteiger partial charge in [-0.05, 0) is 42.8 Å². The van der Waals surface area contributed by atoms with Gasteiger partial charge in [-0.1, -0.05) is 38.0 Å². The van der Waals surface area contributed by atoms with Crippen LogP contribution in [0.25, 0.3) is 0 Å². The number of rotatable bonds is 5. The first kappa shape index (κ1) is 16.1. The first-order valence-electron chi connectivity index (χ1n) is 8.15. The zero-order chi connectivity index (χ0) is 17.1. The summed E-state index contributed by atoms with van der Waals surface area (Å²) < 4.78 is 0. The van der Waals surface area contributed by atoms with Crippen LogP contribution in [0.5, 0.6) is 5.75 Å². The Labute approximate surface area is 142 Å². The van der Waals surface area contributed by atoms with Gasteiger partial charge in [0.1, 0.15) is 11.7 Å². The molecule has 0 aromatic heterocycles. The molecule has 2 aromatic carbocycles. The van der Waals surface area contributed by atoms with Crippen molar-refractivity contribution >= 4 is 23.2 Å². The highest BCUT2D eigenvalue weighted by Crippen LogP contribution is 2.34. The minimum absolute atomic E-state index is 0. The number of nitrogens with zero attached hydrogens (tertiary/aromatic N) is 2. The summed E-state index contributed by atoms with van der Waals surface area (Å²) >= 11 is 0. The van der Waals surface area contributed by atoms with E-state index in [-0.39, 0.29) is 19.0 Å². The topological polar surface area (TPSA) is 60.9 Å². The Hall–Kier alpha value is -2.82. The minimum Gasteiger partial charge on any atom is -0.508 e. The average molecular weight is 326 g/mol. The normalized spacial score (nSPS) is 17.6. The van der Waals surface area contributed by atoms with Gasteiger partial charge in [0.15, 0.2) is 0 Å². The Morgan fingerprint density at radius 3 is 2.00 bits per heavy atom. The zero-order valence-electron chi connectivity index (χ0n) is 13.6. The van der Waals surface area contributed by atoms with E-state index in [0.717, 1.165) is 12.8 Å². The molecular formula is C19H22N2O3. The number of anilines is 2. The van der Waals surface area contributed by atoms with E-state index in [4.69, 9.17) is 0 Å². The van der Waals surface area contributed by atoms with E-state index >= 15 is 0 Å². The second-order valence-electron chi connectivity index (χ2n) is 5.85. The van der Waals surface area contributed by atoms with Gasteiger partial charge in [-0.3, -0.25) is 9.59 Å². The molecule has 0 spiro atoms. The van der Waals surface area contributed by atoms with Gasteiger partial charge in [-0.2, -0.15) is 0 Å². The van der Waals surface area contributed by atoms with Crippen molar-refractivity contribution in [2.75, 3.05) is 10.0 Å². The number of phenols is 1. The number of hydrogen-bond acceptors (Lipinski definition) is 3. The Kier molecular flexibility index (Phi) is 4.51. The smallest absolute Gasteiger partial charge is 0.258 e. The molecule has 24 heavy (non-hydrogen) atoms. The second kappa shape index (κ2) is 6.74. The van der Waals surface area contributed by atoms with Crippen molar-refractivity contribution in [1.82, 2.24) is 0 Å². The van der Waals surface area contributed by atoms with E-state index in [2.05, 4.69) is 0 Å². The summed E-state index contributed by atoms with van der Waals surface area (Å²) in [6, 6.07) is 15.4. The van der Waals surface area contributed by atoms with Crippen molar-refractivity contribution in [1.29, 1.82) is 0 Å². The number of carbonyl (C=O) groups excluding carboxylic acids is 2. The van der Waals surface area contributed by atoms with Crippen molar-refractivity contribution in [3.05, 3.63) is 54.6 Å². The fraction of sp³-hybridized carbons (Fsp3) is 0.263. The Balaban J connectivity index is 0.00000225. The van der Waals surface area contributed by atoms with Crippen molar-refractivity contribution < 1.29 is 16.1 Å². The summed E-state index contributed by atoms with van der Waals surface area (Å²) in [5.74, 6) is -0.958. The van der Waals surface area contributed by atoms with Gasteiger partial charge < -0.3 is 5.11 Å². The summed E-state index contributed by atoms with van der Waals surface area (Å²) in [6.45, 7) is 2.04. The summed E-state index contributed by atoms with van der Waals surface area (Å²) in [5, 5.41) is 12.3. The molecule has 0 radical (unpaired) electrons. The maximum Gasteiger partial charge on any atom is 0.258 e. The SMILES string of the molecule is CCCCC1C(=O)N(c2ccccc2)N(c2ccc(O)cc2)C1=O.[HH]. The summed E-state index contributed by atoms with van der Waals surface area (Å²) in [6.07, 6.45) is 2.31. The van der Waals surface area contributed by atoms with Gasteiger partial charge in [0.05, 0.1) is 11.4 Å². The molecule has 1 fully saturated rings. The Morgan fingerprint density at radius 2 is 1.46 bits per heavy atom. The molecule has 1 aliphatic rings. The molecule has 1 unspecified atom stereocenters. The average Bonchev–Trinajstić information content (AvgIpc) is 2.85. The fourth-order valence-corrected chi connectivity index (χ4v) is 2.90. The molecule has 0 aliphatic carbocycles. The molecule has 1 heterocycles. The van der Waals surface area contributed by atoms with Gasteiger partial charge in [-0.15, -0.1) is 0 Å². The summed E-state index contributed by atoms with van der Waals surface area (Å²) in [5.41, 5.74) is 1.22. The van der Waals surface area contributed by atoms with Gasteiger partial charge in [0, 0.05) is 1.43 Å². The van der Waals surface area contributed by atoms with Crippen molar-refractivity contribution in [2.45, 2.75) is 26.2 Å². The molecule has 1 aliphatic heterocycles. The predicted octanol–water partition coefficient (Wildman–Crippen LogP) is 3.74. The van der Waals surface area contributed by atoms with Gasteiger partial charge in [0.2, 0.25) is 0 Å². The molecule has 1 atom stereocenters. The van der Waals surface area contributed by atoms with Crippen LogP contribution in [0.2, 0.25) is 0 Å². The van der Waals surface area contributed by atoms with Gasteiger partial charge >= 0.3 is 0 Å². The molecule has 0 saturated carbocycles. The van der Waals surface area contributed by atoms with Crippen LogP contribution in [0, 0.1) is 5.92 Å². The number of benzene rings is 2. The maximum absolute atomic E-state index is 12.9. The van der Waals surface area contributed by atoms with E-state index in [1.807, 2.05) is 25.1 Å². The number of phenolic OH excluding ortho intramolecular Hbond substituents is 1. The summed E-state index contributed by atoms with van der Waals surface area (Å²) in [4.78, 5) is 25.8. The lowest BCUT2D eigenvalue weighted by Crippen LogP contribution is -2.41. The third kappa shape index (κ3) is 2.85. The van der Waals surface area contributed by atoms with Crippen molar-refractivity contribution in [3.8, 4) is 5.75 Å². The quantitative estimate of drug-likeness (QED) is 0.852. The first-order valence-corrected chi connectivity index (χ1v) is 8.15. The predicted molar refractivity (Wildman–Crippen MR) is 94.6 cm³/mol. The van der Waals surface area contributed by atoms with Crippen molar-refractivity contribution in [3.63, 3.8) is 0 Å². The maximum atomic E-state index is 12.9. The molecule has 0 bridgehead atoms. The number of amides is 2. The molecule has 5 nitrogen and oxygen atoms in total. The van der Waals surface area contributed by atoms with Crippen LogP contribution in [0.4, 0.5) is 11.4 Å². The molecule has 1 saturated heterocycles. The van der Waals surface area contributed by atoms with Crippen LogP contribution >= 0.6 is 0 Å². The monoisotopic (exact) mass is 326 g/mol. The van der Waals surface area contributed by atoms with Gasteiger partial charge in [0.25, 0.3) is 11.8 Å². The Bertz CT molecular complexity index is 734. The molecule has 126 valence electrons. The number of unbranched alkanes of at least 4 members (excludes halogenated alkanes) is 1. The van der Waals surface area contributed by atoms with Crippen LogP contribution < -0.4 is 10.0 Å². The number of para-hydroxylation sites is 1. The molecular weight excluding hydrogens is 304 g/mol. The number of hydrogen-bond donors (Lipinski definition) is 1. The highest BCUT2D eigenvalue weighted by atomic mass is 16.3. The van der Waals surface area contributed by atoms with E-state index in [1.54, 1.807) is 24.3 Å². The molecule has 2 amide bonds. The van der Waals surface area contributed by atoms with Crippen LogP contribution in [-0.4, -0.2) is 16.9 Å². The number of carbonyl (C=O) groups is 2. The van der Waals surface area contributed by atoms with Gasteiger partial charge in [-0.25, -0.2) is 10.0 Å². The standard InChI is InChI=1S/C19H20N2O3.H2/c1-2-3-9-17-18(23)20(14-7-5-4-6-8-14)21(19(17)24)15-10-12-16(22)13-11-15;/h4-8,10-13,17,22H,2-3,9H2,1H3;1H. The summed E-state index contributed by atoms with van der Waals surface area (Å²) in [7, 11) is 0. The highest BCUT2D eigenvalue weighted by molar-refractivity contribution is 6.23. The van der Waals surface area contributed by atoms with E-state index in [9.17, 15) is 14.7 Å². The molecule has 1 N–H and O–H groups in total. The number of hydrazine groups is 1. The van der Waals surface area contributed by atoms with E-state index in [1.165, 1.54) is 22.2 Å². The lowest BCUT2D eigenvalue weighted by atomic mass is 10.0. The minimum atomic E-state index is -0.654. The molecule has 5 heteroatoms. The third-order valence-corrected chi connectivity index (χ3v) is 4.16.